The highest BCUT2D eigenvalue weighted by atomic mass is 16.5. The first kappa shape index (κ1) is 93.2. The molecule has 18 aromatic rings. The number of furan rings is 1. The Morgan fingerprint density at radius 1 is 0.308 bits per heavy atom. The van der Waals surface area contributed by atoms with E-state index in [1.165, 1.54) is 22.3 Å². The third kappa shape index (κ3) is 23.9. The third-order valence-corrected chi connectivity index (χ3v) is 21.8. The van der Waals surface area contributed by atoms with Gasteiger partial charge in [-0.25, -0.2) is 56.9 Å². The van der Waals surface area contributed by atoms with Crippen molar-refractivity contribution in [1.29, 1.82) is 0 Å². The van der Waals surface area contributed by atoms with E-state index >= 15 is 0 Å². The number of nitrogens with zero attached hydrogens (tertiary/aromatic N) is 12. The van der Waals surface area contributed by atoms with Gasteiger partial charge in [-0.05, 0) is 292 Å². The second-order valence-corrected chi connectivity index (χ2v) is 30.7. The van der Waals surface area contributed by atoms with Crippen LogP contribution in [0, 0.1) is 27.7 Å². The molecular formula is C107H96N12O14. The smallest absolute Gasteiger partial charge is 0.335 e. The van der Waals surface area contributed by atoms with E-state index in [2.05, 4.69) is 119 Å². The molecule has 0 unspecified atom stereocenters. The molecule has 668 valence electrons. The number of hydrogen-bond acceptors (Lipinski definition) is 14. The number of aryl methyl sites for hydroxylation is 8. The Morgan fingerprint density at radius 2 is 0.654 bits per heavy atom. The number of ether oxygens (including phenoxy) is 1. The summed E-state index contributed by atoms with van der Waals surface area (Å²) in [4.78, 5) is 65.7. The van der Waals surface area contributed by atoms with E-state index in [1.807, 2.05) is 182 Å². The number of carbonyl (C=O) groups is 6. The van der Waals surface area contributed by atoms with E-state index in [9.17, 15) is 28.8 Å². The molecule has 133 heavy (non-hydrogen) atoms. The van der Waals surface area contributed by atoms with Gasteiger partial charge in [0.2, 0.25) is 0 Å². The Labute approximate surface area is 767 Å². The summed E-state index contributed by atoms with van der Waals surface area (Å²) in [6.07, 6.45) is 19.1. The van der Waals surface area contributed by atoms with Crippen LogP contribution in [0.4, 0.5) is 0 Å². The normalized spacial score (nSPS) is 10.6. The summed E-state index contributed by atoms with van der Waals surface area (Å²) in [5, 5.41) is 80.8. The molecule has 0 aliphatic rings. The SMILES string of the molecule is CCc1ccc(-n2cc(-c3ccc(C(=O)O)cc3)c(C)n2)cc1.CCc1ccc(-n2cc(-c3ccc(C(=O)O)cc3)cn2)cc1.CCc1ccc(-n2cc(-c3cccc(C(=O)O)c3)c(C)n2)cc1.CCc1ccc(-n2cc(-c3cccc(C(=O)O)c3)cn2)cc1.COc1ccc(-c2nn(-c3ccc(C(=O)O)cc3)cc2C)cc1.Cc1ccc(-c2ccn(-c3ccc(C(=O)O)cc3)n2)o1. The van der Waals surface area contributed by atoms with Gasteiger partial charge in [-0.15, -0.1) is 0 Å². The topological polar surface area (TPSA) is 353 Å². The van der Waals surface area contributed by atoms with E-state index in [0.717, 1.165) is 150 Å². The van der Waals surface area contributed by atoms with Gasteiger partial charge >= 0.3 is 35.8 Å². The van der Waals surface area contributed by atoms with Crippen LogP contribution < -0.4 is 4.74 Å². The fourth-order valence-electron chi connectivity index (χ4n) is 14.1. The predicted octanol–water partition coefficient (Wildman–Crippen LogP) is 22.5. The highest BCUT2D eigenvalue weighted by Gasteiger charge is 2.18. The molecule has 7 heterocycles. The molecule has 0 atom stereocenters. The van der Waals surface area contributed by atoms with Gasteiger partial charge in [0.1, 0.15) is 17.2 Å². The molecule has 0 aliphatic carbocycles. The Hall–Kier alpha value is -17.4. The average molecular weight is 1770 g/mol. The van der Waals surface area contributed by atoms with E-state index < -0.39 is 35.8 Å². The fraction of sp³-hybridized carbons (Fsp3) is 0.121. The Kier molecular flexibility index (Phi) is 30.4. The van der Waals surface area contributed by atoms with Crippen molar-refractivity contribution in [3.05, 3.63) is 413 Å². The standard InChI is InChI=1S/2C19H18N2O2.C18H16N2O3.2C18H16N2O2.C15H12N2O3/c1-3-14-4-10-17(11-5-14)21-12-18(13(2)20-21)15-6-8-16(9-7-15)19(22)23;1-3-14-7-9-17(10-8-14)21-12-18(13(2)20-21)15-5-4-6-16(11-15)19(22)23;1-12-11-20(15-7-3-14(4-8-15)18(21)22)19-17(12)13-5-9-16(23-2)10-6-13;1-2-13-3-9-17(10-4-13)20-12-16(11-19-20)14-5-7-15(8-6-14)18(21)22;1-2-13-6-8-17(9-7-13)20-12-16(11-19-20)14-4-3-5-15(10-14)18(21)22;1-10-2-7-14(20-10)13-8-9-17(16-13)12-5-3-11(4-6-12)15(18)19/h2*4-12H,3H2,1-2H3,(H,22,23);3-11H,1-2H3,(H,21,22);2*3-12H,2H2,1H3,(H,21,22);2-9H,1H3,(H,18,19). The van der Waals surface area contributed by atoms with Gasteiger partial charge in [0.25, 0.3) is 0 Å². The molecule has 11 aromatic carbocycles. The number of aromatic carboxylic acids is 6. The van der Waals surface area contributed by atoms with Crippen LogP contribution in [0.1, 0.15) is 135 Å². The summed E-state index contributed by atoms with van der Waals surface area (Å²) in [6, 6.07) is 87.1. The quantitative estimate of drug-likeness (QED) is 0.0346. The number of hydrogen-bond donors (Lipinski definition) is 6. The monoisotopic (exact) mass is 1770 g/mol. The zero-order valence-corrected chi connectivity index (χ0v) is 74.4. The molecule has 0 amide bonds. The summed E-state index contributed by atoms with van der Waals surface area (Å²) < 4.78 is 21.4. The number of carboxylic acid groups (broad SMARTS) is 6. The summed E-state index contributed by atoms with van der Waals surface area (Å²) in [6.45, 7) is 16.3. The van der Waals surface area contributed by atoms with Crippen LogP contribution in [0.3, 0.4) is 0 Å². The minimum atomic E-state index is -0.941. The molecule has 0 fully saturated rings. The van der Waals surface area contributed by atoms with Gasteiger partial charge in [0, 0.05) is 65.0 Å². The Morgan fingerprint density at radius 3 is 1.05 bits per heavy atom. The third-order valence-electron chi connectivity index (χ3n) is 21.8. The highest BCUT2D eigenvalue weighted by molar-refractivity contribution is 5.92. The minimum Gasteiger partial charge on any atom is -0.497 e. The van der Waals surface area contributed by atoms with Crippen molar-refractivity contribution in [2.75, 3.05) is 7.11 Å². The number of carboxylic acids is 6. The van der Waals surface area contributed by atoms with E-state index in [1.54, 1.807) is 155 Å². The summed E-state index contributed by atoms with van der Waals surface area (Å²) >= 11 is 0. The van der Waals surface area contributed by atoms with Crippen molar-refractivity contribution < 1.29 is 68.6 Å². The lowest BCUT2D eigenvalue weighted by atomic mass is 10.0. The van der Waals surface area contributed by atoms with Gasteiger partial charge in [0.05, 0.1) is 104 Å². The maximum Gasteiger partial charge on any atom is 0.335 e. The second kappa shape index (κ2) is 43.4. The van der Waals surface area contributed by atoms with Crippen molar-refractivity contribution in [2.45, 2.75) is 81.1 Å². The van der Waals surface area contributed by atoms with Crippen molar-refractivity contribution >= 4 is 35.8 Å². The molecule has 26 heteroatoms. The van der Waals surface area contributed by atoms with Crippen LogP contribution in [0.25, 0.3) is 101 Å². The van der Waals surface area contributed by atoms with Gasteiger partial charge in [0.15, 0.2) is 5.76 Å². The van der Waals surface area contributed by atoms with Crippen LogP contribution in [-0.2, 0) is 25.7 Å². The molecule has 0 saturated heterocycles. The lowest BCUT2D eigenvalue weighted by molar-refractivity contribution is 0.0686. The van der Waals surface area contributed by atoms with Crippen molar-refractivity contribution in [3.8, 4) is 107 Å². The molecule has 0 radical (unpaired) electrons. The van der Waals surface area contributed by atoms with Crippen molar-refractivity contribution in [1.82, 2.24) is 58.7 Å². The number of methoxy groups -OCH3 is 1. The first-order chi connectivity index (χ1) is 64.2. The maximum atomic E-state index is 11.1. The Balaban J connectivity index is 0.000000136. The van der Waals surface area contributed by atoms with Crippen LogP contribution in [0.5, 0.6) is 5.75 Å². The molecule has 7 aromatic heterocycles. The molecule has 6 N–H and O–H groups in total. The van der Waals surface area contributed by atoms with Gasteiger partial charge in [-0.2, -0.15) is 30.6 Å². The summed E-state index contributed by atoms with van der Waals surface area (Å²) in [5.41, 5.74) is 25.2. The van der Waals surface area contributed by atoms with E-state index in [4.69, 9.17) is 39.8 Å². The van der Waals surface area contributed by atoms with Crippen LogP contribution in [-0.4, -0.2) is 132 Å². The number of rotatable bonds is 23. The largest absolute Gasteiger partial charge is 0.497 e. The number of benzene rings is 11. The predicted molar refractivity (Wildman–Crippen MR) is 511 cm³/mol. The van der Waals surface area contributed by atoms with E-state index in [-0.39, 0.29) is 33.4 Å². The average Bonchev–Trinajstić information content (AvgIpc) is 1.68. The van der Waals surface area contributed by atoms with Gasteiger partial charge in [-0.1, -0.05) is 125 Å². The Bertz CT molecular complexity index is 7040. The number of aromatic nitrogens is 12. The van der Waals surface area contributed by atoms with Crippen LogP contribution >= 0.6 is 0 Å². The molecule has 0 aliphatic heterocycles. The zero-order valence-electron chi connectivity index (χ0n) is 74.4. The lowest BCUT2D eigenvalue weighted by Crippen LogP contribution is -1.98. The molecular weight excluding hydrogens is 1680 g/mol. The summed E-state index contributed by atoms with van der Waals surface area (Å²) in [7, 11) is 1.63. The molecule has 18 rings (SSSR count). The molecule has 0 spiro atoms. The maximum absolute atomic E-state index is 11.1. The molecule has 0 saturated carbocycles. The first-order valence-corrected chi connectivity index (χ1v) is 42.7. The lowest BCUT2D eigenvalue weighted by Gasteiger charge is -2.03. The van der Waals surface area contributed by atoms with E-state index in [0.29, 0.717) is 5.76 Å². The second-order valence-electron chi connectivity index (χ2n) is 30.7. The van der Waals surface area contributed by atoms with Crippen LogP contribution in [0.2, 0.25) is 0 Å². The van der Waals surface area contributed by atoms with Crippen molar-refractivity contribution in [2.24, 2.45) is 0 Å². The fourth-order valence-corrected chi connectivity index (χ4v) is 14.1. The van der Waals surface area contributed by atoms with Crippen LogP contribution in [0.15, 0.2) is 339 Å². The molecule has 26 nitrogen and oxygen atoms in total. The minimum absolute atomic E-state index is 0.253. The molecule has 0 bridgehead atoms. The summed E-state index contributed by atoms with van der Waals surface area (Å²) in [5.74, 6) is -3.22. The highest BCUT2D eigenvalue weighted by Crippen LogP contribution is 2.32. The van der Waals surface area contributed by atoms with Crippen molar-refractivity contribution in [3.63, 3.8) is 0 Å². The first-order valence-electron chi connectivity index (χ1n) is 42.7. The van der Waals surface area contributed by atoms with Gasteiger partial charge < -0.3 is 39.8 Å². The van der Waals surface area contributed by atoms with Gasteiger partial charge in [-0.3, -0.25) is 0 Å². The zero-order chi connectivity index (χ0) is 94.4.